The molecule has 2 nitrogen and oxygen atoms in total. The molecular formula is C10H13FN2. The van der Waals surface area contributed by atoms with E-state index in [1.165, 1.54) is 0 Å². The van der Waals surface area contributed by atoms with E-state index < -0.39 is 0 Å². The van der Waals surface area contributed by atoms with Crippen LogP contribution in [0.15, 0.2) is 18.2 Å². The molecule has 3 heteroatoms. The molecule has 1 aromatic rings. The lowest BCUT2D eigenvalue weighted by Crippen LogP contribution is -1.96. The van der Waals surface area contributed by atoms with Gasteiger partial charge in [0.15, 0.2) is 0 Å². The van der Waals surface area contributed by atoms with Crippen molar-refractivity contribution in [2.24, 2.45) is 5.73 Å². The van der Waals surface area contributed by atoms with Crippen LogP contribution in [-0.2, 0) is 0 Å². The molecule has 1 rings (SSSR count). The minimum atomic E-state index is -0.273. The van der Waals surface area contributed by atoms with Crippen LogP contribution in [-0.4, -0.2) is 6.54 Å². The Morgan fingerprint density at radius 1 is 1.46 bits per heavy atom. The molecule has 1 aromatic carbocycles. The third-order valence-corrected chi connectivity index (χ3v) is 1.89. The number of anilines is 1. The molecule has 13 heavy (non-hydrogen) atoms. The molecule has 0 spiro atoms. The monoisotopic (exact) mass is 180 g/mol. The summed E-state index contributed by atoms with van der Waals surface area (Å²) in [6.45, 7) is 2.06. The van der Waals surface area contributed by atoms with Gasteiger partial charge in [-0.3, -0.25) is 0 Å². The van der Waals surface area contributed by atoms with Crippen LogP contribution in [0.1, 0.15) is 11.1 Å². The van der Waals surface area contributed by atoms with Crippen LogP contribution in [0.5, 0.6) is 0 Å². The number of nitrogen functional groups attached to an aromatic ring is 1. The molecule has 0 aliphatic rings. The van der Waals surface area contributed by atoms with Gasteiger partial charge >= 0.3 is 0 Å². The fourth-order valence-electron chi connectivity index (χ4n) is 1.04. The van der Waals surface area contributed by atoms with E-state index in [-0.39, 0.29) is 5.82 Å². The normalized spacial score (nSPS) is 11.0. The SMILES string of the molecule is Cc1c(N)ccc(C=CCN)c1F. The summed E-state index contributed by atoms with van der Waals surface area (Å²) < 4.78 is 13.4. The molecule has 70 valence electrons. The minimum absolute atomic E-state index is 0.273. The van der Waals surface area contributed by atoms with Crippen molar-refractivity contribution in [1.29, 1.82) is 0 Å². The van der Waals surface area contributed by atoms with Crippen LogP contribution in [0.25, 0.3) is 6.08 Å². The van der Waals surface area contributed by atoms with Crippen molar-refractivity contribution in [2.75, 3.05) is 12.3 Å². The van der Waals surface area contributed by atoms with Gasteiger partial charge in [-0.25, -0.2) is 4.39 Å². The number of nitrogens with two attached hydrogens (primary N) is 2. The van der Waals surface area contributed by atoms with Gasteiger partial charge in [0.25, 0.3) is 0 Å². The van der Waals surface area contributed by atoms with Crippen molar-refractivity contribution in [3.05, 3.63) is 35.2 Å². The number of hydrogen-bond donors (Lipinski definition) is 2. The summed E-state index contributed by atoms with van der Waals surface area (Å²) in [5.74, 6) is -0.273. The van der Waals surface area contributed by atoms with Gasteiger partial charge in [0, 0.05) is 23.4 Å². The Kier molecular flexibility index (Phi) is 3.03. The molecule has 0 fully saturated rings. The molecular weight excluding hydrogens is 167 g/mol. The second-order valence-electron chi connectivity index (χ2n) is 2.82. The fourth-order valence-corrected chi connectivity index (χ4v) is 1.04. The van der Waals surface area contributed by atoms with Gasteiger partial charge in [0.1, 0.15) is 5.82 Å². The highest BCUT2D eigenvalue weighted by molar-refractivity contribution is 5.58. The summed E-state index contributed by atoms with van der Waals surface area (Å²) >= 11 is 0. The van der Waals surface area contributed by atoms with E-state index in [1.54, 1.807) is 31.2 Å². The minimum Gasteiger partial charge on any atom is -0.398 e. The highest BCUT2D eigenvalue weighted by Gasteiger charge is 2.04. The van der Waals surface area contributed by atoms with Gasteiger partial charge in [-0.1, -0.05) is 12.2 Å². The highest BCUT2D eigenvalue weighted by Crippen LogP contribution is 2.19. The summed E-state index contributed by atoms with van der Waals surface area (Å²) in [5, 5.41) is 0. The van der Waals surface area contributed by atoms with Crippen molar-refractivity contribution in [1.82, 2.24) is 0 Å². The Bertz CT molecular complexity index is 332. The van der Waals surface area contributed by atoms with E-state index in [4.69, 9.17) is 11.5 Å². The molecule has 0 heterocycles. The van der Waals surface area contributed by atoms with E-state index in [1.807, 2.05) is 0 Å². The summed E-state index contributed by atoms with van der Waals surface area (Å²) in [4.78, 5) is 0. The van der Waals surface area contributed by atoms with Gasteiger partial charge < -0.3 is 11.5 Å². The Balaban J connectivity index is 3.11. The van der Waals surface area contributed by atoms with Gasteiger partial charge in [0.05, 0.1) is 0 Å². The predicted octanol–water partition coefficient (Wildman–Crippen LogP) is 1.69. The topological polar surface area (TPSA) is 52.0 Å². The summed E-state index contributed by atoms with van der Waals surface area (Å²) in [6, 6.07) is 3.33. The fraction of sp³-hybridized carbons (Fsp3) is 0.200. The van der Waals surface area contributed by atoms with E-state index >= 15 is 0 Å². The zero-order valence-electron chi connectivity index (χ0n) is 7.55. The first kappa shape index (κ1) is 9.74. The standard InChI is InChI=1S/C10H13FN2/c1-7-9(13)5-4-8(10(7)11)3-2-6-12/h2-5H,6,12-13H2,1H3. The van der Waals surface area contributed by atoms with E-state index in [9.17, 15) is 4.39 Å². The molecule has 0 bridgehead atoms. The first-order valence-corrected chi connectivity index (χ1v) is 4.08. The van der Waals surface area contributed by atoms with Gasteiger partial charge in [-0.2, -0.15) is 0 Å². The molecule has 0 aliphatic heterocycles. The lowest BCUT2D eigenvalue weighted by atomic mass is 10.1. The lowest BCUT2D eigenvalue weighted by molar-refractivity contribution is 0.616. The second-order valence-corrected chi connectivity index (χ2v) is 2.82. The Morgan fingerprint density at radius 2 is 2.15 bits per heavy atom. The summed E-state index contributed by atoms with van der Waals surface area (Å²) in [7, 11) is 0. The third-order valence-electron chi connectivity index (χ3n) is 1.89. The Morgan fingerprint density at radius 3 is 2.77 bits per heavy atom. The molecule has 4 N–H and O–H groups in total. The average Bonchev–Trinajstić information content (AvgIpc) is 2.13. The summed E-state index contributed by atoms with van der Waals surface area (Å²) in [5.41, 5.74) is 12.3. The van der Waals surface area contributed by atoms with Crippen LogP contribution in [0, 0.1) is 12.7 Å². The van der Waals surface area contributed by atoms with Crippen LogP contribution in [0.2, 0.25) is 0 Å². The van der Waals surface area contributed by atoms with Crippen molar-refractivity contribution in [3.63, 3.8) is 0 Å². The van der Waals surface area contributed by atoms with Crippen molar-refractivity contribution in [3.8, 4) is 0 Å². The molecule has 0 aliphatic carbocycles. The zero-order valence-corrected chi connectivity index (χ0v) is 7.55. The highest BCUT2D eigenvalue weighted by atomic mass is 19.1. The van der Waals surface area contributed by atoms with E-state index in [0.717, 1.165) is 0 Å². The Labute approximate surface area is 77.0 Å². The maximum Gasteiger partial charge on any atom is 0.135 e. The van der Waals surface area contributed by atoms with Crippen molar-refractivity contribution in [2.45, 2.75) is 6.92 Å². The molecule has 0 unspecified atom stereocenters. The third kappa shape index (κ3) is 2.06. The lowest BCUT2D eigenvalue weighted by Gasteiger charge is -2.03. The van der Waals surface area contributed by atoms with Crippen LogP contribution < -0.4 is 11.5 Å². The van der Waals surface area contributed by atoms with Crippen LogP contribution >= 0.6 is 0 Å². The van der Waals surface area contributed by atoms with E-state index in [0.29, 0.717) is 23.4 Å². The predicted molar refractivity (Wildman–Crippen MR) is 53.6 cm³/mol. The number of rotatable bonds is 2. The van der Waals surface area contributed by atoms with Crippen LogP contribution in [0.3, 0.4) is 0 Å². The smallest absolute Gasteiger partial charge is 0.135 e. The number of halogens is 1. The second kappa shape index (κ2) is 4.05. The Hall–Kier alpha value is -1.35. The summed E-state index contributed by atoms with van der Waals surface area (Å²) in [6.07, 6.45) is 3.36. The maximum atomic E-state index is 13.4. The van der Waals surface area contributed by atoms with Gasteiger partial charge in [0.2, 0.25) is 0 Å². The molecule has 0 atom stereocenters. The van der Waals surface area contributed by atoms with Gasteiger partial charge in [-0.05, 0) is 19.1 Å². The maximum absolute atomic E-state index is 13.4. The number of benzene rings is 1. The zero-order chi connectivity index (χ0) is 9.84. The molecule has 0 aromatic heterocycles. The molecule has 0 radical (unpaired) electrons. The molecule has 0 amide bonds. The largest absolute Gasteiger partial charge is 0.398 e. The first-order chi connectivity index (χ1) is 6.16. The number of hydrogen-bond acceptors (Lipinski definition) is 2. The van der Waals surface area contributed by atoms with E-state index in [2.05, 4.69) is 0 Å². The average molecular weight is 180 g/mol. The molecule has 0 saturated heterocycles. The van der Waals surface area contributed by atoms with Gasteiger partial charge in [-0.15, -0.1) is 0 Å². The molecule has 0 saturated carbocycles. The quantitative estimate of drug-likeness (QED) is 0.680. The van der Waals surface area contributed by atoms with Crippen molar-refractivity contribution >= 4 is 11.8 Å². The van der Waals surface area contributed by atoms with Crippen LogP contribution in [0.4, 0.5) is 10.1 Å². The van der Waals surface area contributed by atoms with Crippen molar-refractivity contribution < 1.29 is 4.39 Å². The first-order valence-electron chi connectivity index (χ1n) is 4.08.